The van der Waals surface area contributed by atoms with Gasteiger partial charge in [0.05, 0.1) is 13.0 Å². The number of piperidine rings is 1. The Balaban J connectivity index is 1.66. The van der Waals surface area contributed by atoms with Crippen LogP contribution in [0.1, 0.15) is 58.8 Å². The van der Waals surface area contributed by atoms with Crippen LogP contribution in [0.25, 0.3) is 0 Å². The number of ether oxygens (including phenoxy) is 1. The summed E-state index contributed by atoms with van der Waals surface area (Å²) >= 11 is 0. The third-order valence-corrected chi connectivity index (χ3v) is 8.01. The molecular formula is C20H29NO3. The standard InChI is InChI=1S/C20H29NO3/c1-19-10-8-14-12(13(19)5-6-15(19)18(23)24-3)4-7-16-20(14,2)11-9-17(22)21-16/h4,13-16H,5-11H2,1-3H3,(H,21,22)/t13?,14?,15?,16?,19-,20+/m0/s1. The molecule has 0 bridgehead atoms. The molecule has 0 spiro atoms. The second-order valence-corrected chi connectivity index (χ2v) is 8.87. The van der Waals surface area contributed by atoms with E-state index in [-0.39, 0.29) is 34.7 Å². The SMILES string of the molecule is COC(=O)C1CCC2C3=CCC4NC(=O)CC[C@]4(C)C3CC[C@]12C. The van der Waals surface area contributed by atoms with Crippen LogP contribution in [0.3, 0.4) is 0 Å². The summed E-state index contributed by atoms with van der Waals surface area (Å²) in [5.41, 5.74) is 1.82. The van der Waals surface area contributed by atoms with E-state index in [9.17, 15) is 9.59 Å². The molecule has 4 nitrogen and oxygen atoms in total. The summed E-state index contributed by atoms with van der Waals surface area (Å²) < 4.78 is 5.10. The molecule has 0 aromatic heterocycles. The molecule has 1 heterocycles. The first-order chi connectivity index (χ1) is 11.4. The first-order valence-electron chi connectivity index (χ1n) is 9.47. The maximum Gasteiger partial charge on any atom is 0.309 e. The maximum atomic E-state index is 12.3. The van der Waals surface area contributed by atoms with Gasteiger partial charge in [-0.05, 0) is 61.2 Å². The molecule has 24 heavy (non-hydrogen) atoms. The third kappa shape index (κ3) is 2.04. The zero-order valence-electron chi connectivity index (χ0n) is 15.1. The molecule has 3 fully saturated rings. The number of carbonyl (C=O) groups is 2. The summed E-state index contributed by atoms with van der Waals surface area (Å²) in [6.07, 6.45) is 9.29. The Morgan fingerprint density at radius 2 is 1.92 bits per heavy atom. The summed E-state index contributed by atoms with van der Waals surface area (Å²) in [6.45, 7) is 4.69. The van der Waals surface area contributed by atoms with Crippen LogP contribution in [0.15, 0.2) is 11.6 Å². The number of carbonyl (C=O) groups excluding carboxylic acids is 2. The van der Waals surface area contributed by atoms with E-state index in [0.717, 1.165) is 38.5 Å². The van der Waals surface area contributed by atoms with Crippen molar-refractivity contribution < 1.29 is 14.3 Å². The molecule has 1 saturated heterocycles. The van der Waals surface area contributed by atoms with Crippen LogP contribution in [0.2, 0.25) is 0 Å². The molecule has 0 aromatic carbocycles. The number of hydrogen-bond acceptors (Lipinski definition) is 3. The molecule has 0 aromatic rings. The van der Waals surface area contributed by atoms with Crippen molar-refractivity contribution >= 4 is 11.9 Å². The predicted octanol–water partition coefficient (Wildman–Crippen LogP) is 3.22. The highest BCUT2D eigenvalue weighted by Crippen LogP contribution is 2.64. The van der Waals surface area contributed by atoms with Crippen molar-refractivity contribution in [1.29, 1.82) is 0 Å². The lowest BCUT2D eigenvalue weighted by Crippen LogP contribution is -2.58. The Hall–Kier alpha value is -1.32. The molecule has 4 heteroatoms. The van der Waals surface area contributed by atoms with Crippen molar-refractivity contribution in [3.8, 4) is 0 Å². The van der Waals surface area contributed by atoms with Crippen molar-refractivity contribution in [1.82, 2.24) is 5.32 Å². The van der Waals surface area contributed by atoms with Gasteiger partial charge in [0.1, 0.15) is 0 Å². The van der Waals surface area contributed by atoms with E-state index in [4.69, 9.17) is 4.74 Å². The van der Waals surface area contributed by atoms with E-state index in [1.54, 1.807) is 5.57 Å². The lowest BCUT2D eigenvalue weighted by atomic mass is 9.50. The number of nitrogens with one attached hydrogen (secondary N) is 1. The van der Waals surface area contributed by atoms with Gasteiger partial charge in [0, 0.05) is 12.5 Å². The van der Waals surface area contributed by atoms with E-state index in [0.29, 0.717) is 18.3 Å². The van der Waals surface area contributed by atoms with Crippen molar-refractivity contribution in [3.63, 3.8) is 0 Å². The Labute approximate surface area is 144 Å². The number of rotatable bonds is 1. The van der Waals surface area contributed by atoms with E-state index in [1.165, 1.54) is 7.11 Å². The van der Waals surface area contributed by atoms with E-state index >= 15 is 0 Å². The Kier molecular flexibility index (Phi) is 3.59. The number of amides is 1. The van der Waals surface area contributed by atoms with Crippen molar-refractivity contribution in [3.05, 3.63) is 11.6 Å². The molecule has 1 amide bonds. The Morgan fingerprint density at radius 3 is 2.67 bits per heavy atom. The molecule has 1 N–H and O–H groups in total. The van der Waals surface area contributed by atoms with Crippen LogP contribution in [0.4, 0.5) is 0 Å². The second-order valence-electron chi connectivity index (χ2n) is 8.87. The van der Waals surface area contributed by atoms with Crippen LogP contribution in [0, 0.1) is 28.6 Å². The zero-order chi connectivity index (χ0) is 17.1. The fourth-order valence-corrected chi connectivity index (χ4v) is 6.51. The van der Waals surface area contributed by atoms with Gasteiger partial charge in [-0.25, -0.2) is 0 Å². The van der Waals surface area contributed by atoms with Gasteiger partial charge in [-0.15, -0.1) is 0 Å². The summed E-state index contributed by atoms with van der Waals surface area (Å²) in [6, 6.07) is 0.287. The summed E-state index contributed by atoms with van der Waals surface area (Å²) in [4.78, 5) is 24.1. The first kappa shape index (κ1) is 16.2. The molecule has 4 aliphatic rings. The smallest absolute Gasteiger partial charge is 0.309 e. The van der Waals surface area contributed by atoms with Crippen LogP contribution < -0.4 is 5.32 Å². The lowest BCUT2D eigenvalue weighted by Gasteiger charge is -2.56. The molecule has 3 aliphatic carbocycles. The summed E-state index contributed by atoms with van der Waals surface area (Å²) in [7, 11) is 1.51. The van der Waals surface area contributed by atoms with Gasteiger partial charge >= 0.3 is 5.97 Å². The minimum Gasteiger partial charge on any atom is -0.469 e. The molecule has 4 rings (SSSR count). The van der Waals surface area contributed by atoms with Gasteiger partial charge in [0.15, 0.2) is 0 Å². The average molecular weight is 331 g/mol. The monoisotopic (exact) mass is 331 g/mol. The normalized spacial score (nSPS) is 47.0. The highest BCUT2D eigenvalue weighted by molar-refractivity contribution is 5.77. The van der Waals surface area contributed by atoms with Gasteiger partial charge < -0.3 is 10.1 Å². The Morgan fingerprint density at radius 1 is 1.17 bits per heavy atom. The quantitative estimate of drug-likeness (QED) is 0.593. The maximum absolute atomic E-state index is 12.3. The highest BCUT2D eigenvalue weighted by atomic mass is 16.5. The molecule has 0 radical (unpaired) electrons. The summed E-state index contributed by atoms with van der Waals surface area (Å²) in [5.74, 6) is 1.30. The van der Waals surface area contributed by atoms with Gasteiger partial charge in [-0.1, -0.05) is 25.5 Å². The number of allylic oxidation sites excluding steroid dienone is 1. The van der Waals surface area contributed by atoms with Crippen LogP contribution in [-0.2, 0) is 14.3 Å². The zero-order valence-corrected chi connectivity index (χ0v) is 15.1. The number of hydrogen-bond donors (Lipinski definition) is 1. The largest absolute Gasteiger partial charge is 0.469 e. The highest BCUT2D eigenvalue weighted by Gasteiger charge is 2.59. The van der Waals surface area contributed by atoms with Gasteiger partial charge in [0.25, 0.3) is 0 Å². The minimum absolute atomic E-state index is 0.0242. The fourth-order valence-electron chi connectivity index (χ4n) is 6.51. The van der Waals surface area contributed by atoms with Crippen molar-refractivity contribution in [2.75, 3.05) is 7.11 Å². The first-order valence-corrected chi connectivity index (χ1v) is 9.47. The molecule has 4 unspecified atom stereocenters. The van der Waals surface area contributed by atoms with Crippen LogP contribution in [0.5, 0.6) is 0 Å². The topological polar surface area (TPSA) is 55.4 Å². The molecule has 1 aliphatic heterocycles. The predicted molar refractivity (Wildman–Crippen MR) is 91.0 cm³/mol. The average Bonchev–Trinajstić information content (AvgIpc) is 2.92. The number of fused-ring (bicyclic) bond motifs is 5. The third-order valence-electron chi connectivity index (χ3n) is 8.01. The summed E-state index contributed by atoms with van der Waals surface area (Å²) in [5, 5.41) is 3.24. The molecule has 6 atom stereocenters. The lowest BCUT2D eigenvalue weighted by molar-refractivity contribution is -0.150. The molecule has 132 valence electrons. The van der Waals surface area contributed by atoms with Crippen LogP contribution in [-0.4, -0.2) is 25.0 Å². The minimum atomic E-state index is -0.0242. The van der Waals surface area contributed by atoms with Gasteiger partial charge in [-0.3, -0.25) is 9.59 Å². The molecular weight excluding hydrogens is 302 g/mol. The van der Waals surface area contributed by atoms with E-state index < -0.39 is 0 Å². The van der Waals surface area contributed by atoms with E-state index in [1.807, 2.05) is 0 Å². The van der Waals surface area contributed by atoms with E-state index in [2.05, 4.69) is 25.2 Å². The van der Waals surface area contributed by atoms with Crippen molar-refractivity contribution in [2.45, 2.75) is 64.8 Å². The van der Waals surface area contributed by atoms with Gasteiger partial charge in [0.2, 0.25) is 5.91 Å². The second kappa shape index (κ2) is 5.34. The number of esters is 1. The van der Waals surface area contributed by atoms with Crippen LogP contribution >= 0.6 is 0 Å². The van der Waals surface area contributed by atoms with Crippen molar-refractivity contribution in [2.24, 2.45) is 28.6 Å². The number of methoxy groups -OCH3 is 1. The Bertz CT molecular complexity index is 612. The van der Waals surface area contributed by atoms with Gasteiger partial charge in [-0.2, -0.15) is 0 Å². The molecule has 2 saturated carbocycles. The fraction of sp³-hybridized carbons (Fsp3) is 0.800.